The van der Waals surface area contributed by atoms with Crippen LogP contribution in [-0.4, -0.2) is 20.1 Å². The van der Waals surface area contributed by atoms with Gasteiger partial charge in [-0.15, -0.1) is 0 Å². The highest BCUT2D eigenvalue weighted by atomic mass is 16.5. The van der Waals surface area contributed by atoms with Crippen LogP contribution in [0.15, 0.2) is 17.1 Å². The van der Waals surface area contributed by atoms with Crippen LogP contribution in [0.2, 0.25) is 0 Å². The molecule has 0 spiro atoms. The number of hydrogen-bond donors (Lipinski definition) is 0. The van der Waals surface area contributed by atoms with Gasteiger partial charge in [-0.05, 0) is 6.07 Å². The highest BCUT2D eigenvalue weighted by Gasteiger charge is 2.09. The van der Waals surface area contributed by atoms with Crippen molar-refractivity contribution >= 4 is 12.0 Å². The summed E-state index contributed by atoms with van der Waals surface area (Å²) in [6.45, 7) is 0. The minimum Gasteiger partial charge on any atom is -0.493 e. The van der Waals surface area contributed by atoms with Crippen molar-refractivity contribution in [1.29, 1.82) is 0 Å². The lowest BCUT2D eigenvalue weighted by Gasteiger charge is -2.05. The third-order valence-electron chi connectivity index (χ3n) is 2.04. The molecule has 2 rings (SSSR count). The monoisotopic (exact) mass is 191 g/mol. The Labute approximate surface area is 80.5 Å². The molecule has 0 bridgehead atoms. The average molecular weight is 191 g/mol. The molecule has 4 heteroatoms. The predicted octanol–water partition coefficient (Wildman–Crippen LogP) is -0.356. The van der Waals surface area contributed by atoms with E-state index in [0.717, 1.165) is 5.22 Å². The van der Waals surface area contributed by atoms with Crippen molar-refractivity contribution in [3.8, 4) is 11.5 Å². The van der Waals surface area contributed by atoms with Crippen LogP contribution in [0.5, 0.6) is 11.5 Å². The van der Waals surface area contributed by atoms with E-state index in [2.05, 4.69) is 4.99 Å². The fraction of sp³-hybridized carbons (Fsp3) is 0.200. The van der Waals surface area contributed by atoms with Gasteiger partial charge in [0.2, 0.25) is 0 Å². The normalized spacial score (nSPS) is 12.9. The van der Waals surface area contributed by atoms with Gasteiger partial charge >= 0.3 is 0 Å². The Kier molecular flexibility index (Phi) is 1.96. The second-order valence-electron chi connectivity index (χ2n) is 2.86. The number of methoxy groups -OCH3 is 2. The summed E-state index contributed by atoms with van der Waals surface area (Å²) >= 11 is 0. The van der Waals surface area contributed by atoms with Crippen LogP contribution in [0.25, 0.3) is 6.08 Å². The zero-order chi connectivity index (χ0) is 10.1. The molecule has 0 atom stereocenters. The molecule has 0 fully saturated rings. The fourth-order valence-corrected chi connectivity index (χ4v) is 1.38. The predicted molar refractivity (Wildman–Crippen MR) is 49.8 cm³/mol. The van der Waals surface area contributed by atoms with E-state index in [1.54, 1.807) is 26.4 Å². The first-order valence-corrected chi connectivity index (χ1v) is 4.11. The smallest absolute Gasteiger partial charge is 0.270 e. The van der Waals surface area contributed by atoms with E-state index < -0.39 is 0 Å². The van der Waals surface area contributed by atoms with Crippen molar-refractivity contribution in [2.75, 3.05) is 14.2 Å². The highest BCUT2D eigenvalue weighted by molar-refractivity contribution is 6.06. The standard InChI is InChI=1S/C10H9NO3/c1-13-8-3-6-4-10(12)11-7(6)5-9(8)14-2/h3-5H,1-2H3. The molecular weight excluding hydrogens is 182 g/mol. The second kappa shape index (κ2) is 3.14. The minimum atomic E-state index is -0.240. The maximum Gasteiger partial charge on any atom is 0.270 e. The molecule has 1 heterocycles. The molecule has 1 amide bonds. The van der Waals surface area contributed by atoms with Crippen LogP contribution in [0.3, 0.4) is 0 Å². The summed E-state index contributed by atoms with van der Waals surface area (Å²) in [6.07, 6.45) is 1.47. The lowest BCUT2D eigenvalue weighted by Crippen LogP contribution is -2.21. The molecule has 0 radical (unpaired) electrons. The van der Waals surface area contributed by atoms with Gasteiger partial charge in [0.15, 0.2) is 11.5 Å². The minimum absolute atomic E-state index is 0.240. The number of rotatable bonds is 2. The molecule has 0 aliphatic carbocycles. The number of nitrogens with zero attached hydrogens (tertiary/aromatic N) is 1. The van der Waals surface area contributed by atoms with Crippen molar-refractivity contribution in [1.82, 2.24) is 0 Å². The van der Waals surface area contributed by atoms with Gasteiger partial charge in [0.25, 0.3) is 5.91 Å². The maximum atomic E-state index is 11.0. The molecule has 0 saturated heterocycles. The van der Waals surface area contributed by atoms with E-state index >= 15 is 0 Å². The van der Waals surface area contributed by atoms with Crippen molar-refractivity contribution in [3.05, 3.63) is 22.7 Å². The van der Waals surface area contributed by atoms with Crippen LogP contribution in [0.4, 0.5) is 0 Å². The summed E-state index contributed by atoms with van der Waals surface area (Å²) in [5, 5.41) is 1.40. The lowest BCUT2D eigenvalue weighted by molar-refractivity contribution is -0.112. The topological polar surface area (TPSA) is 47.9 Å². The molecule has 1 aromatic carbocycles. The maximum absolute atomic E-state index is 11.0. The van der Waals surface area contributed by atoms with Gasteiger partial charge < -0.3 is 9.47 Å². The third kappa shape index (κ3) is 1.25. The molecule has 0 aromatic heterocycles. The SMILES string of the molecule is COc1cc2c(cc1OC)=NC(=O)C=2. The molecular formula is C10H9NO3. The summed E-state index contributed by atoms with van der Waals surface area (Å²) in [4.78, 5) is 14.8. The third-order valence-corrected chi connectivity index (χ3v) is 2.04. The molecule has 14 heavy (non-hydrogen) atoms. The van der Waals surface area contributed by atoms with Gasteiger partial charge in [-0.2, -0.15) is 0 Å². The molecule has 0 unspecified atom stereocenters. The van der Waals surface area contributed by atoms with Crippen molar-refractivity contribution in [2.45, 2.75) is 0 Å². The Bertz CT molecular complexity index is 460. The van der Waals surface area contributed by atoms with Crippen LogP contribution < -0.4 is 20.0 Å². The van der Waals surface area contributed by atoms with E-state index in [9.17, 15) is 4.79 Å². The Morgan fingerprint density at radius 2 is 1.79 bits per heavy atom. The fourth-order valence-electron chi connectivity index (χ4n) is 1.38. The van der Waals surface area contributed by atoms with Gasteiger partial charge in [-0.25, -0.2) is 4.99 Å². The quantitative estimate of drug-likeness (QED) is 0.641. The van der Waals surface area contributed by atoms with Crippen LogP contribution in [0, 0.1) is 0 Å². The molecule has 1 aromatic rings. The van der Waals surface area contributed by atoms with Crippen molar-refractivity contribution in [3.63, 3.8) is 0 Å². The van der Waals surface area contributed by atoms with E-state index in [0.29, 0.717) is 16.9 Å². The van der Waals surface area contributed by atoms with Gasteiger partial charge in [0, 0.05) is 17.4 Å². The van der Waals surface area contributed by atoms with Crippen LogP contribution in [-0.2, 0) is 4.79 Å². The van der Waals surface area contributed by atoms with E-state index in [1.165, 1.54) is 6.08 Å². The summed E-state index contributed by atoms with van der Waals surface area (Å²) in [5.74, 6) is 0.945. The average Bonchev–Trinajstić information content (AvgIpc) is 2.54. The summed E-state index contributed by atoms with van der Waals surface area (Å²) in [7, 11) is 3.10. The van der Waals surface area contributed by atoms with E-state index in [1.807, 2.05) is 0 Å². The highest BCUT2D eigenvalue weighted by Crippen LogP contribution is 2.22. The van der Waals surface area contributed by atoms with Gasteiger partial charge in [-0.1, -0.05) is 0 Å². The first kappa shape index (κ1) is 8.74. The molecule has 4 nitrogen and oxygen atoms in total. The Morgan fingerprint density at radius 1 is 1.14 bits per heavy atom. The number of carbonyl (C=O) groups excluding carboxylic acids is 1. The van der Waals surface area contributed by atoms with Crippen LogP contribution in [0.1, 0.15) is 0 Å². The number of carbonyl (C=O) groups is 1. The zero-order valence-electron chi connectivity index (χ0n) is 7.90. The summed E-state index contributed by atoms with van der Waals surface area (Å²) in [5.41, 5.74) is 0. The van der Waals surface area contributed by atoms with Crippen LogP contribution >= 0.6 is 0 Å². The lowest BCUT2D eigenvalue weighted by atomic mass is 10.2. The van der Waals surface area contributed by atoms with Gasteiger partial charge in [0.1, 0.15) is 0 Å². The molecule has 0 N–H and O–H groups in total. The van der Waals surface area contributed by atoms with Crippen molar-refractivity contribution < 1.29 is 14.3 Å². The van der Waals surface area contributed by atoms with E-state index in [-0.39, 0.29) is 5.91 Å². The first-order chi connectivity index (χ1) is 6.74. The summed E-state index contributed by atoms with van der Waals surface area (Å²) < 4.78 is 10.2. The largest absolute Gasteiger partial charge is 0.493 e. The summed E-state index contributed by atoms with van der Waals surface area (Å²) in [6, 6.07) is 3.43. The van der Waals surface area contributed by atoms with Gasteiger partial charge in [0.05, 0.1) is 19.6 Å². The molecule has 0 saturated carbocycles. The first-order valence-electron chi connectivity index (χ1n) is 4.11. The number of ether oxygens (including phenoxy) is 2. The Hall–Kier alpha value is -1.84. The molecule has 1 aliphatic heterocycles. The number of fused-ring (bicyclic) bond motifs is 1. The number of amides is 1. The number of benzene rings is 1. The Morgan fingerprint density at radius 3 is 2.43 bits per heavy atom. The Balaban J connectivity index is 2.72. The van der Waals surface area contributed by atoms with Crippen molar-refractivity contribution in [2.24, 2.45) is 4.99 Å². The van der Waals surface area contributed by atoms with E-state index in [4.69, 9.17) is 9.47 Å². The number of hydrogen-bond acceptors (Lipinski definition) is 3. The molecule has 72 valence electrons. The zero-order valence-corrected chi connectivity index (χ0v) is 7.90. The second-order valence-corrected chi connectivity index (χ2v) is 2.86. The van der Waals surface area contributed by atoms with Gasteiger partial charge in [-0.3, -0.25) is 4.79 Å². The molecule has 1 aliphatic rings.